The molecule has 3 saturated heterocycles. The zero-order valence-corrected chi connectivity index (χ0v) is 18.2. The molecule has 4 heteroatoms. The van der Waals surface area contributed by atoms with Crippen molar-refractivity contribution in [3.05, 3.63) is 0 Å². The lowest BCUT2D eigenvalue weighted by Gasteiger charge is -2.58. The Morgan fingerprint density at radius 2 is 1.90 bits per heavy atom. The number of nitrogens with one attached hydrogen (secondary N) is 1. The maximum absolute atomic E-state index is 10.3. The smallest absolute Gasteiger partial charge is 0.171 e. The predicted octanol–water partition coefficient (Wildman–Crippen LogP) is 3.86. The molecule has 29 heavy (non-hydrogen) atoms. The first-order valence-electron chi connectivity index (χ1n) is 12.8. The number of fused-ring (bicyclic) bond motifs is 5. The maximum atomic E-state index is 10.3. The van der Waals surface area contributed by atoms with Crippen LogP contribution in [-0.2, 0) is 9.47 Å². The zero-order valence-electron chi connectivity index (χ0n) is 18.2. The Kier molecular flexibility index (Phi) is 3.68. The molecule has 7 rings (SSSR count). The number of aliphatic hydroxyl groups is 1. The van der Waals surface area contributed by atoms with E-state index in [0.717, 1.165) is 49.5 Å². The molecule has 3 aliphatic heterocycles. The highest BCUT2D eigenvalue weighted by Gasteiger charge is 2.79. The molecule has 2 N–H and O–H groups in total. The maximum Gasteiger partial charge on any atom is 0.171 e. The molecule has 0 aromatic carbocycles. The fourth-order valence-corrected chi connectivity index (χ4v) is 10.2. The summed E-state index contributed by atoms with van der Waals surface area (Å²) in [5, 5.41) is 14.4. The summed E-state index contributed by atoms with van der Waals surface area (Å²) in [5.74, 6) is 4.15. The van der Waals surface area contributed by atoms with Gasteiger partial charge in [-0.3, -0.25) is 0 Å². The molecule has 0 amide bonds. The first-order chi connectivity index (χ1) is 14.0. The van der Waals surface area contributed by atoms with Crippen molar-refractivity contribution in [2.24, 2.45) is 40.9 Å². The Morgan fingerprint density at radius 3 is 2.72 bits per heavy atom. The van der Waals surface area contributed by atoms with Crippen LogP contribution in [0.3, 0.4) is 0 Å². The van der Waals surface area contributed by atoms with Gasteiger partial charge >= 0.3 is 0 Å². The van der Waals surface area contributed by atoms with E-state index in [1.807, 2.05) is 0 Å². The Balaban J connectivity index is 1.19. The van der Waals surface area contributed by atoms with Crippen LogP contribution >= 0.6 is 0 Å². The monoisotopic (exact) mass is 401 g/mol. The van der Waals surface area contributed by atoms with Gasteiger partial charge < -0.3 is 19.9 Å². The third kappa shape index (κ3) is 2.16. The average Bonchev–Trinajstić information content (AvgIpc) is 3.27. The lowest BCUT2D eigenvalue weighted by molar-refractivity contribution is -0.263. The molecule has 0 bridgehead atoms. The van der Waals surface area contributed by atoms with Crippen LogP contribution in [0.25, 0.3) is 0 Å². The van der Waals surface area contributed by atoms with Crippen molar-refractivity contribution in [1.82, 2.24) is 5.32 Å². The van der Waals surface area contributed by atoms with Crippen LogP contribution in [0.15, 0.2) is 0 Å². The Bertz CT molecular complexity index is 706. The highest BCUT2D eigenvalue weighted by Crippen LogP contribution is 2.72. The topological polar surface area (TPSA) is 60.6 Å². The molecule has 162 valence electrons. The molecule has 4 saturated carbocycles. The van der Waals surface area contributed by atoms with Gasteiger partial charge in [0.15, 0.2) is 5.79 Å². The Labute approximate surface area is 175 Å². The van der Waals surface area contributed by atoms with E-state index in [1.165, 1.54) is 44.9 Å². The molecule has 0 aromatic rings. The van der Waals surface area contributed by atoms with Crippen molar-refractivity contribution in [3.8, 4) is 0 Å². The minimum absolute atomic E-state index is 0.0434. The third-order valence-electron chi connectivity index (χ3n) is 11.5. The van der Waals surface area contributed by atoms with Crippen LogP contribution in [-0.4, -0.2) is 41.3 Å². The van der Waals surface area contributed by atoms with Crippen LogP contribution < -0.4 is 5.32 Å². The van der Waals surface area contributed by atoms with Crippen molar-refractivity contribution in [2.75, 3.05) is 6.61 Å². The van der Waals surface area contributed by atoms with Crippen LogP contribution in [0.2, 0.25) is 0 Å². The second-order valence-corrected chi connectivity index (χ2v) is 12.3. The SMILES string of the molecule is C[C@H]1C2C(CC3C4CCC5C[C@@H](O)CC[C@]5(C)C4C[C@H]4N[C@]324)O[C@]12CCCCO2. The summed E-state index contributed by atoms with van der Waals surface area (Å²) in [6, 6.07) is 0.705. The highest BCUT2D eigenvalue weighted by molar-refractivity contribution is 5.33. The van der Waals surface area contributed by atoms with Crippen molar-refractivity contribution >= 4 is 0 Å². The summed E-state index contributed by atoms with van der Waals surface area (Å²) < 4.78 is 13.2. The normalized spacial score (nSPS) is 65.3. The van der Waals surface area contributed by atoms with Crippen LogP contribution in [0.4, 0.5) is 0 Å². The van der Waals surface area contributed by atoms with Crippen molar-refractivity contribution in [2.45, 2.75) is 108 Å². The summed E-state index contributed by atoms with van der Waals surface area (Å²) in [6.07, 6.45) is 12.6. The van der Waals surface area contributed by atoms with Gasteiger partial charge in [0.2, 0.25) is 0 Å². The van der Waals surface area contributed by atoms with Crippen LogP contribution in [0.1, 0.15) is 78.1 Å². The van der Waals surface area contributed by atoms with E-state index in [-0.39, 0.29) is 11.9 Å². The summed E-state index contributed by atoms with van der Waals surface area (Å²) in [4.78, 5) is 0. The molecule has 7 aliphatic rings. The fraction of sp³-hybridized carbons (Fsp3) is 1.00. The van der Waals surface area contributed by atoms with Gasteiger partial charge in [0, 0.05) is 29.8 Å². The van der Waals surface area contributed by atoms with Gasteiger partial charge in [0.1, 0.15) is 0 Å². The van der Waals surface area contributed by atoms with E-state index >= 15 is 0 Å². The van der Waals surface area contributed by atoms with E-state index in [1.54, 1.807) is 0 Å². The van der Waals surface area contributed by atoms with Crippen LogP contribution in [0, 0.1) is 40.9 Å². The molecule has 4 aliphatic carbocycles. The van der Waals surface area contributed by atoms with Gasteiger partial charge in [-0.2, -0.15) is 0 Å². The molecule has 6 unspecified atom stereocenters. The second-order valence-electron chi connectivity index (χ2n) is 12.3. The zero-order chi connectivity index (χ0) is 19.6. The molecule has 2 spiro atoms. The molecule has 7 fully saturated rings. The highest BCUT2D eigenvalue weighted by atomic mass is 16.7. The summed E-state index contributed by atoms with van der Waals surface area (Å²) in [7, 11) is 0. The van der Waals surface area contributed by atoms with E-state index in [0.29, 0.717) is 34.9 Å². The van der Waals surface area contributed by atoms with Crippen molar-refractivity contribution in [1.29, 1.82) is 0 Å². The van der Waals surface area contributed by atoms with Gasteiger partial charge in [0.25, 0.3) is 0 Å². The van der Waals surface area contributed by atoms with Gasteiger partial charge in [-0.1, -0.05) is 13.8 Å². The molecule has 12 atom stereocenters. The standard InChI is InChI=1S/C25H39NO3/c1-14-22-20(29-24(14)8-3-4-10-28-24)12-19-17-6-5-15-11-16(27)7-9-23(15,2)18(17)13-21-25(19,22)26-21/h14-22,26-27H,3-13H2,1-2H3/t14-,15?,16-,17?,18?,19?,20?,21+,22?,23-,24+,25-/m0/s1. The van der Waals surface area contributed by atoms with Gasteiger partial charge in [0.05, 0.1) is 18.8 Å². The largest absolute Gasteiger partial charge is 0.393 e. The fourth-order valence-electron chi connectivity index (χ4n) is 10.2. The molecule has 4 nitrogen and oxygen atoms in total. The predicted molar refractivity (Wildman–Crippen MR) is 110 cm³/mol. The van der Waals surface area contributed by atoms with Gasteiger partial charge in [-0.15, -0.1) is 0 Å². The Morgan fingerprint density at radius 1 is 1.00 bits per heavy atom. The lowest BCUT2D eigenvalue weighted by atomic mass is 9.46. The van der Waals surface area contributed by atoms with E-state index in [2.05, 4.69) is 19.2 Å². The summed E-state index contributed by atoms with van der Waals surface area (Å²) in [6.45, 7) is 5.92. The van der Waals surface area contributed by atoms with E-state index in [9.17, 15) is 5.11 Å². The Hall–Kier alpha value is -0.160. The first kappa shape index (κ1) is 18.4. The number of hydrogen-bond acceptors (Lipinski definition) is 4. The molecule has 3 heterocycles. The van der Waals surface area contributed by atoms with Crippen molar-refractivity contribution in [3.63, 3.8) is 0 Å². The number of hydrogen-bond donors (Lipinski definition) is 2. The van der Waals surface area contributed by atoms with Crippen molar-refractivity contribution < 1.29 is 14.6 Å². The number of aliphatic hydroxyl groups excluding tert-OH is 1. The molecular weight excluding hydrogens is 362 g/mol. The third-order valence-corrected chi connectivity index (χ3v) is 11.5. The minimum Gasteiger partial charge on any atom is -0.393 e. The number of ether oxygens (including phenoxy) is 2. The first-order valence-corrected chi connectivity index (χ1v) is 12.8. The molecular formula is C25H39NO3. The van der Waals surface area contributed by atoms with E-state index < -0.39 is 0 Å². The van der Waals surface area contributed by atoms with E-state index in [4.69, 9.17) is 9.47 Å². The quantitative estimate of drug-likeness (QED) is 0.605. The second kappa shape index (κ2) is 5.79. The lowest BCUT2D eigenvalue weighted by Crippen LogP contribution is -2.55. The van der Waals surface area contributed by atoms with Crippen LogP contribution in [0.5, 0.6) is 0 Å². The summed E-state index contributed by atoms with van der Waals surface area (Å²) >= 11 is 0. The minimum atomic E-state index is -0.276. The number of rotatable bonds is 0. The van der Waals surface area contributed by atoms with Gasteiger partial charge in [-0.25, -0.2) is 0 Å². The average molecular weight is 402 g/mol. The van der Waals surface area contributed by atoms with Gasteiger partial charge in [-0.05, 0) is 86.9 Å². The summed E-state index contributed by atoms with van der Waals surface area (Å²) in [5.41, 5.74) is 0.809. The molecule has 0 aromatic heterocycles. The molecule has 0 radical (unpaired) electrons.